The van der Waals surface area contributed by atoms with Crippen LogP contribution in [0.25, 0.3) is 16.9 Å². The van der Waals surface area contributed by atoms with E-state index >= 15 is 0 Å². The quantitative estimate of drug-likeness (QED) is 0.150. The van der Waals surface area contributed by atoms with E-state index in [-0.39, 0.29) is 30.4 Å². The van der Waals surface area contributed by atoms with Crippen LogP contribution in [-0.2, 0) is 10.1 Å². The lowest BCUT2D eigenvalue weighted by Gasteiger charge is -2.12. The molecule has 2 N–H and O–H groups in total. The maximum absolute atomic E-state index is 13.7. The zero-order chi connectivity index (χ0) is 26.9. The number of benzene rings is 2. The van der Waals surface area contributed by atoms with Gasteiger partial charge in [-0.2, -0.15) is 8.42 Å². The number of rotatable bonds is 11. The summed E-state index contributed by atoms with van der Waals surface area (Å²) in [6, 6.07) is 12.9. The van der Waals surface area contributed by atoms with Crippen LogP contribution in [0.4, 0.5) is 10.1 Å². The third-order valence-electron chi connectivity index (χ3n) is 6.35. The third-order valence-corrected chi connectivity index (χ3v) is 7.16. The van der Waals surface area contributed by atoms with Crippen LogP contribution >= 0.6 is 0 Å². The number of ketones is 1. The first-order valence-corrected chi connectivity index (χ1v) is 13.9. The molecule has 0 saturated heterocycles. The molecule has 0 unspecified atom stereocenters. The molecule has 1 saturated carbocycles. The maximum Gasteiger partial charge on any atom is 0.264 e. The Morgan fingerprint density at radius 2 is 2.03 bits per heavy atom. The first-order valence-electron chi connectivity index (χ1n) is 12.3. The van der Waals surface area contributed by atoms with Crippen LogP contribution in [0, 0.1) is 18.7 Å². The van der Waals surface area contributed by atoms with Gasteiger partial charge in [0.1, 0.15) is 11.6 Å². The van der Waals surface area contributed by atoms with Crippen LogP contribution in [0.15, 0.2) is 54.7 Å². The number of anilines is 1. The lowest BCUT2D eigenvalue weighted by molar-refractivity contribution is 0.0975. The predicted octanol–water partition coefficient (Wildman–Crippen LogP) is 5.31. The number of carbonyl (C=O) groups excluding carboxylic acids is 1. The zero-order valence-corrected chi connectivity index (χ0v) is 21.5. The summed E-state index contributed by atoms with van der Waals surface area (Å²) in [5.41, 5.74) is 3.99. The Bertz CT molecular complexity index is 1620. The van der Waals surface area contributed by atoms with Crippen molar-refractivity contribution >= 4 is 27.2 Å². The average molecular weight is 539 g/mol. The summed E-state index contributed by atoms with van der Waals surface area (Å²) < 4.78 is 52.3. The molecular weight excluding hydrogens is 511 g/mol. The Labute approximate surface area is 219 Å². The SMILES string of the molecule is Cc1cc(-c2cnc3c(NCCCS(=O)(=O)O)cc(Oc4cccc(F)c4)nn23)ccc1C(=O)CC1CC1. The van der Waals surface area contributed by atoms with Gasteiger partial charge in [-0.25, -0.2) is 13.9 Å². The number of Topliss-reactive ketones (excluding diaryl/α,β-unsaturated/α-hetero) is 1. The highest BCUT2D eigenvalue weighted by atomic mass is 32.2. The Balaban J connectivity index is 1.49. The molecule has 5 rings (SSSR count). The van der Waals surface area contributed by atoms with Crippen molar-refractivity contribution in [3.8, 4) is 22.9 Å². The van der Waals surface area contributed by atoms with E-state index in [9.17, 15) is 17.6 Å². The van der Waals surface area contributed by atoms with Crippen LogP contribution in [0.3, 0.4) is 0 Å². The molecule has 0 radical (unpaired) electrons. The van der Waals surface area contributed by atoms with E-state index in [1.54, 1.807) is 22.8 Å². The molecule has 38 heavy (non-hydrogen) atoms. The zero-order valence-electron chi connectivity index (χ0n) is 20.7. The molecule has 11 heteroatoms. The number of ether oxygens (including phenoxy) is 1. The van der Waals surface area contributed by atoms with E-state index in [0.29, 0.717) is 34.9 Å². The van der Waals surface area contributed by atoms with Gasteiger partial charge in [-0.05, 0) is 55.9 Å². The van der Waals surface area contributed by atoms with Crippen molar-refractivity contribution in [1.82, 2.24) is 14.6 Å². The van der Waals surface area contributed by atoms with Crippen molar-refractivity contribution in [1.29, 1.82) is 0 Å². The molecule has 1 aliphatic carbocycles. The molecule has 1 aliphatic rings. The topological polar surface area (TPSA) is 123 Å². The van der Waals surface area contributed by atoms with Gasteiger partial charge < -0.3 is 10.1 Å². The second kappa shape index (κ2) is 10.5. The minimum atomic E-state index is -4.08. The fraction of sp³-hybridized carbons (Fsp3) is 0.296. The summed E-state index contributed by atoms with van der Waals surface area (Å²) in [6.45, 7) is 2.14. The first-order chi connectivity index (χ1) is 18.2. The van der Waals surface area contributed by atoms with Gasteiger partial charge in [-0.3, -0.25) is 9.35 Å². The predicted molar refractivity (Wildman–Crippen MR) is 141 cm³/mol. The van der Waals surface area contributed by atoms with Gasteiger partial charge in [0.05, 0.1) is 23.3 Å². The summed E-state index contributed by atoms with van der Waals surface area (Å²) in [4.78, 5) is 17.2. The van der Waals surface area contributed by atoms with Crippen molar-refractivity contribution in [2.75, 3.05) is 17.6 Å². The van der Waals surface area contributed by atoms with Gasteiger partial charge in [0.2, 0.25) is 5.88 Å². The summed E-state index contributed by atoms with van der Waals surface area (Å²) in [5.74, 6) is 0.221. The summed E-state index contributed by atoms with van der Waals surface area (Å²) >= 11 is 0. The van der Waals surface area contributed by atoms with Crippen molar-refractivity contribution in [3.63, 3.8) is 0 Å². The maximum atomic E-state index is 13.7. The molecule has 0 bridgehead atoms. The summed E-state index contributed by atoms with van der Waals surface area (Å²) in [6.07, 6.45) is 4.62. The average Bonchev–Trinajstić information content (AvgIpc) is 3.56. The minimum Gasteiger partial charge on any atom is -0.437 e. The third kappa shape index (κ3) is 6.17. The molecule has 2 aromatic heterocycles. The molecule has 9 nitrogen and oxygen atoms in total. The van der Waals surface area contributed by atoms with Crippen LogP contribution in [0.2, 0.25) is 0 Å². The van der Waals surface area contributed by atoms with E-state index in [1.807, 2.05) is 25.1 Å². The van der Waals surface area contributed by atoms with Gasteiger partial charge in [0.15, 0.2) is 11.4 Å². The van der Waals surface area contributed by atoms with Crippen molar-refractivity contribution in [2.24, 2.45) is 5.92 Å². The first kappa shape index (κ1) is 25.8. The van der Waals surface area contributed by atoms with Crippen LogP contribution < -0.4 is 10.1 Å². The molecule has 1 fully saturated rings. The number of imidazole rings is 1. The molecule has 198 valence electrons. The van der Waals surface area contributed by atoms with Gasteiger partial charge in [-0.15, -0.1) is 5.10 Å². The number of carbonyl (C=O) groups is 1. The standard InChI is InChI=1S/C27H27FN4O5S/c1-17-12-19(8-9-22(17)25(33)13-18-6-7-18)24-16-30-27-23(29-10-3-11-38(34,35)36)15-26(31-32(24)27)37-21-5-2-4-20(28)14-21/h2,4-5,8-9,12,14-16,18,29H,3,6-7,10-11,13H2,1H3,(H,34,35,36). The van der Waals surface area contributed by atoms with Crippen molar-refractivity contribution in [3.05, 3.63) is 71.7 Å². The summed E-state index contributed by atoms with van der Waals surface area (Å²) in [7, 11) is -4.08. The Hall–Kier alpha value is -3.83. The molecular formula is C27H27FN4O5S. The van der Waals surface area contributed by atoms with E-state index < -0.39 is 21.7 Å². The Kier molecular flexibility index (Phi) is 7.13. The highest BCUT2D eigenvalue weighted by Gasteiger charge is 2.25. The van der Waals surface area contributed by atoms with E-state index in [4.69, 9.17) is 9.29 Å². The largest absolute Gasteiger partial charge is 0.437 e. The number of nitrogens with one attached hydrogen (secondary N) is 1. The highest BCUT2D eigenvalue weighted by Crippen LogP contribution is 2.35. The fourth-order valence-electron chi connectivity index (χ4n) is 4.28. The van der Waals surface area contributed by atoms with Crippen LogP contribution in [-0.4, -0.2) is 45.6 Å². The second-order valence-corrected chi connectivity index (χ2v) is 11.1. The number of nitrogens with zero attached hydrogens (tertiary/aromatic N) is 3. The van der Waals surface area contributed by atoms with Gasteiger partial charge in [-0.1, -0.05) is 18.2 Å². The monoisotopic (exact) mass is 538 g/mol. The Morgan fingerprint density at radius 1 is 1.21 bits per heavy atom. The van der Waals surface area contributed by atoms with Gasteiger partial charge in [0, 0.05) is 36.2 Å². The van der Waals surface area contributed by atoms with E-state index in [1.165, 1.54) is 18.2 Å². The molecule has 0 atom stereocenters. The number of aromatic nitrogens is 3. The van der Waals surface area contributed by atoms with Crippen LogP contribution in [0.5, 0.6) is 11.6 Å². The number of hydrogen-bond donors (Lipinski definition) is 2. The number of fused-ring (bicyclic) bond motifs is 1. The summed E-state index contributed by atoms with van der Waals surface area (Å²) in [5, 5.41) is 7.69. The van der Waals surface area contributed by atoms with Gasteiger partial charge in [0.25, 0.3) is 10.1 Å². The molecule has 0 amide bonds. The molecule has 0 spiro atoms. The highest BCUT2D eigenvalue weighted by molar-refractivity contribution is 7.85. The van der Waals surface area contributed by atoms with E-state index in [0.717, 1.165) is 24.0 Å². The fourth-order valence-corrected chi connectivity index (χ4v) is 4.79. The lowest BCUT2D eigenvalue weighted by Crippen LogP contribution is -2.11. The Morgan fingerprint density at radius 3 is 2.74 bits per heavy atom. The lowest BCUT2D eigenvalue weighted by atomic mass is 9.98. The molecule has 2 heterocycles. The molecule has 0 aliphatic heterocycles. The van der Waals surface area contributed by atoms with E-state index in [2.05, 4.69) is 15.4 Å². The van der Waals surface area contributed by atoms with Crippen LogP contribution in [0.1, 0.15) is 41.6 Å². The van der Waals surface area contributed by atoms with Gasteiger partial charge >= 0.3 is 0 Å². The smallest absolute Gasteiger partial charge is 0.264 e. The number of halogens is 1. The minimum absolute atomic E-state index is 0.148. The molecule has 2 aromatic carbocycles. The number of hydrogen-bond acceptors (Lipinski definition) is 7. The molecule has 4 aromatic rings. The van der Waals surface area contributed by atoms with Crippen molar-refractivity contribution < 1.29 is 26.9 Å². The normalized spacial score (nSPS) is 13.6. The number of aryl methyl sites for hydroxylation is 1. The second-order valence-electron chi connectivity index (χ2n) is 9.50. The van der Waals surface area contributed by atoms with Crippen molar-refractivity contribution in [2.45, 2.75) is 32.6 Å².